The molecule has 2 heterocycles. The minimum Gasteiger partial charge on any atom is -0.508 e. The molecule has 3 rings (SSSR count). The van der Waals surface area contributed by atoms with Gasteiger partial charge in [-0.1, -0.05) is 12.1 Å². The van der Waals surface area contributed by atoms with Gasteiger partial charge in [0, 0.05) is 45.2 Å². The third kappa shape index (κ3) is 5.67. The fourth-order valence-corrected chi connectivity index (χ4v) is 4.35. The van der Waals surface area contributed by atoms with Crippen LogP contribution in [0.25, 0.3) is 0 Å². The summed E-state index contributed by atoms with van der Waals surface area (Å²) in [4.78, 5) is 17.3. The molecule has 0 aliphatic carbocycles. The number of aliphatic hydroxyl groups excluding tert-OH is 1. The molecule has 27 heavy (non-hydrogen) atoms. The zero-order valence-corrected chi connectivity index (χ0v) is 16.1. The summed E-state index contributed by atoms with van der Waals surface area (Å²) in [5.74, 6) is 0.876. The number of hydrogen-bond acceptors (Lipinski definition) is 5. The van der Waals surface area contributed by atoms with Crippen LogP contribution in [0.3, 0.4) is 0 Å². The first kappa shape index (κ1) is 20.1. The molecule has 0 unspecified atom stereocenters. The van der Waals surface area contributed by atoms with E-state index >= 15 is 0 Å². The minimum atomic E-state index is 0.206. The molecule has 0 saturated carbocycles. The lowest BCUT2D eigenvalue weighted by molar-refractivity contribution is -0.134. The molecule has 150 valence electrons. The average molecular weight is 376 g/mol. The van der Waals surface area contributed by atoms with Gasteiger partial charge in [0.25, 0.3) is 0 Å². The van der Waals surface area contributed by atoms with Gasteiger partial charge >= 0.3 is 0 Å². The predicted molar refractivity (Wildman–Crippen MR) is 104 cm³/mol. The van der Waals surface area contributed by atoms with Crippen LogP contribution < -0.4 is 0 Å². The third-order valence-electron chi connectivity index (χ3n) is 5.86. The first-order valence-corrected chi connectivity index (χ1v) is 10.2. The molecule has 6 nitrogen and oxygen atoms in total. The number of rotatable bonds is 7. The molecule has 2 saturated heterocycles. The highest BCUT2D eigenvalue weighted by molar-refractivity contribution is 5.76. The number of nitrogens with zero attached hydrogens (tertiary/aromatic N) is 2. The molecule has 6 heteroatoms. The summed E-state index contributed by atoms with van der Waals surface area (Å²) in [6.45, 7) is 5.32. The van der Waals surface area contributed by atoms with Gasteiger partial charge in [-0.2, -0.15) is 0 Å². The molecule has 0 radical (unpaired) electrons. The standard InChI is InChI=1S/C21H32N2O4/c24-13-1-2-18-16-23(10-9-20(18)22-11-14-27-15-12-22)21(26)8-5-17-3-6-19(25)7-4-17/h3-4,6-7,18,20,24-25H,1-2,5,8-16H2/t18-,20+/m1/s1. The van der Waals surface area contributed by atoms with Crippen LogP contribution in [0.1, 0.15) is 31.2 Å². The summed E-state index contributed by atoms with van der Waals surface area (Å²) < 4.78 is 5.49. The van der Waals surface area contributed by atoms with Crippen molar-refractivity contribution >= 4 is 5.91 Å². The Bertz CT molecular complexity index is 586. The molecule has 0 bridgehead atoms. The Hall–Kier alpha value is -1.63. The largest absolute Gasteiger partial charge is 0.508 e. The van der Waals surface area contributed by atoms with Crippen molar-refractivity contribution in [3.63, 3.8) is 0 Å². The summed E-state index contributed by atoms with van der Waals surface area (Å²) in [5, 5.41) is 18.6. The normalized spacial score (nSPS) is 24.1. The number of morpholine rings is 1. The maximum atomic E-state index is 12.7. The third-order valence-corrected chi connectivity index (χ3v) is 5.86. The number of ether oxygens (including phenoxy) is 1. The Morgan fingerprint density at radius 3 is 2.59 bits per heavy atom. The SMILES string of the molecule is O=C(CCc1ccc(O)cc1)N1CC[C@H](N2CCOCC2)[C@H](CCCO)C1. The van der Waals surface area contributed by atoms with E-state index in [1.807, 2.05) is 17.0 Å². The van der Waals surface area contributed by atoms with Crippen molar-refractivity contribution in [2.75, 3.05) is 46.0 Å². The van der Waals surface area contributed by atoms with Gasteiger partial charge in [0.1, 0.15) is 5.75 Å². The number of benzene rings is 1. The highest BCUT2D eigenvalue weighted by atomic mass is 16.5. The van der Waals surface area contributed by atoms with E-state index in [2.05, 4.69) is 4.90 Å². The van der Waals surface area contributed by atoms with E-state index < -0.39 is 0 Å². The fraction of sp³-hybridized carbons (Fsp3) is 0.667. The molecule has 0 spiro atoms. The van der Waals surface area contributed by atoms with Gasteiger partial charge in [0.2, 0.25) is 5.91 Å². The summed E-state index contributed by atoms with van der Waals surface area (Å²) >= 11 is 0. The van der Waals surface area contributed by atoms with Crippen molar-refractivity contribution in [3.8, 4) is 5.75 Å². The van der Waals surface area contributed by atoms with E-state index in [4.69, 9.17) is 4.74 Å². The molecule has 2 atom stereocenters. The smallest absolute Gasteiger partial charge is 0.222 e. The Morgan fingerprint density at radius 1 is 1.15 bits per heavy atom. The maximum Gasteiger partial charge on any atom is 0.222 e. The number of piperidine rings is 1. The molecule has 1 aromatic rings. The van der Waals surface area contributed by atoms with Crippen LogP contribution in [0.5, 0.6) is 5.75 Å². The van der Waals surface area contributed by atoms with Crippen molar-refractivity contribution in [3.05, 3.63) is 29.8 Å². The van der Waals surface area contributed by atoms with Crippen molar-refractivity contribution in [2.45, 2.75) is 38.1 Å². The molecule has 1 aromatic carbocycles. The second-order valence-electron chi connectivity index (χ2n) is 7.64. The van der Waals surface area contributed by atoms with E-state index in [1.54, 1.807) is 12.1 Å². The number of aromatic hydroxyl groups is 1. The van der Waals surface area contributed by atoms with Crippen LogP contribution >= 0.6 is 0 Å². The lowest BCUT2D eigenvalue weighted by Gasteiger charge is -2.45. The number of carbonyl (C=O) groups is 1. The van der Waals surface area contributed by atoms with E-state index in [9.17, 15) is 15.0 Å². The Kier molecular flexibility index (Phi) is 7.50. The highest BCUT2D eigenvalue weighted by Gasteiger charge is 2.34. The second-order valence-corrected chi connectivity index (χ2v) is 7.64. The van der Waals surface area contributed by atoms with Gasteiger partial charge < -0.3 is 19.8 Å². The van der Waals surface area contributed by atoms with Gasteiger partial charge in [-0.3, -0.25) is 9.69 Å². The Morgan fingerprint density at radius 2 is 1.89 bits per heavy atom. The molecular weight excluding hydrogens is 344 g/mol. The number of amides is 1. The number of phenolic OH excluding ortho intramolecular Hbond substituents is 1. The van der Waals surface area contributed by atoms with Gasteiger partial charge in [-0.05, 0) is 49.3 Å². The van der Waals surface area contributed by atoms with Crippen LogP contribution in [0, 0.1) is 5.92 Å². The van der Waals surface area contributed by atoms with Gasteiger partial charge in [0.05, 0.1) is 13.2 Å². The summed E-state index contributed by atoms with van der Waals surface area (Å²) in [5.41, 5.74) is 1.07. The van der Waals surface area contributed by atoms with Gasteiger partial charge in [-0.25, -0.2) is 0 Å². The zero-order valence-electron chi connectivity index (χ0n) is 16.1. The minimum absolute atomic E-state index is 0.206. The van der Waals surface area contributed by atoms with Crippen molar-refractivity contribution in [2.24, 2.45) is 5.92 Å². The van der Waals surface area contributed by atoms with Crippen molar-refractivity contribution in [1.82, 2.24) is 9.80 Å². The van der Waals surface area contributed by atoms with E-state index in [1.165, 1.54) is 0 Å². The number of aryl methyl sites for hydroxylation is 1. The van der Waals surface area contributed by atoms with Crippen LogP contribution in [0.15, 0.2) is 24.3 Å². The summed E-state index contributed by atoms with van der Waals surface area (Å²) in [6.07, 6.45) is 3.95. The van der Waals surface area contributed by atoms with Crippen LogP contribution in [0.2, 0.25) is 0 Å². The van der Waals surface area contributed by atoms with Gasteiger partial charge in [0.15, 0.2) is 0 Å². The van der Waals surface area contributed by atoms with Crippen LogP contribution in [-0.2, 0) is 16.0 Å². The van der Waals surface area contributed by atoms with E-state index in [0.29, 0.717) is 24.8 Å². The molecule has 2 fully saturated rings. The molecule has 2 N–H and O–H groups in total. The second kappa shape index (κ2) is 10.1. The quantitative estimate of drug-likeness (QED) is 0.757. The molecule has 2 aliphatic heterocycles. The topological polar surface area (TPSA) is 73.2 Å². The van der Waals surface area contributed by atoms with Crippen molar-refractivity contribution < 1.29 is 19.7 Å². The first-order valence-electron chi connectivity index (χ1n) is 10.2. The van der Waals surface area contributed by atoms with Crippen LogP contribution in [-0.4, -0.2) is 78.0 Å². The Labute approximate surface area is 161 Å². The highest BCUT2D eigenvalue weighted by Crippen LogP contribution is 2.27. The lowest BCUT2D eigenvalue weighted by atomic mass is 9.86. The number of hydrogen-bond donors (Lipinski definition) is 2. The first-order chi connectivity index (χ1) is 13.2. The van der Waals surface area contributed by atoms with Crippen LogP contribution in [0.4, 0.5) is 0 Å². The number of aliphatic hydroxyl groups is 1. The average Bonchev–Trinajstić information content (AvgIpc) is 2.72. The molecule has 2 aliphatic rings. The monoisotopic (exact) mass is 376 g/mol. The molecule has 0 aromatic heterocycles. The summed E-state index contributed by atoms with van der Waals surface area (Å²) in [7, 11) is 0. The zero-order chi connectivity index (χ0) is 19.1. The van der Waals surface area contributed by atoms with E-state index in [0.717, 1.165) is 64.2 Å². The van der Waals surface area contributed by atoms with E-state index in [-0.39, 0.29) is 18.3 Å². The fourth-order valence-electron chi connectivity index (χ4n) is 4.35. The number of carbonyl (C=O) groups excluding carboxylic acids is 1. The Balaban J connectivity index is 1.54. The maximum absolute atomic E-state index is 12.7. The summed E-state index contributed by atoms with van der Waals surface area (Å²) in [6, 6.07) is 7.56. The molecular formula is C21H32N2O4. The predicted octanol–water partition coefficient (Wildman–Crippen LogP) is 1.65. The van der Waals surface area contributed by atoms with Gasteiger partial charge in [-0.15, -0.1) is 0 Å². The number of likely N-dealkylation sites (tertiary alicyclic amines) is 1. The number of phenols is 1. The lowest BCUT2D eigenvalue weighted by Crippen LogP contribution is -2.55. The van der Waals surface area contributed by atoms with Crippen molar-refractivity contribution in [1.29, 1.82) is 0 Å². The molecule has 1 amide bonds.